The molecule has 3 aliphatic rings. The first-order chi connectivity index (χ1) is 12.7. The average molecular weight is 360 g/mol. The number of urea groups is 1. The zero-order valence-corrected chi connectivity index (χ0v) is 15.1. The Labute approximate surface area is 154 Å². The van der Waals surface area contributed by atoms with Gasteiger partial charge in [-0.25, -0.2) is 4.79 Å². The number of amides is 2. The number of likely N-dealkylation sites (tertiary alicyclic amines) is 1. The number of hydrogen-bond acceptors (Lipinski definition) is 4. The van der Waals surface area contributed by atoms with Gasteiger partial charge in [-0.1, -0.05) is 30.3 Å². The molecule has 0 unspecified atom stereocenters. The Bertz CT molecular complexity index is 625. The molecule has 3 saturated heterocycles. The average Bonchev–Trinajstić information content (AvgIpc) is 2.68. The molecule has 0 spiro atoms. The van der Waals surface area contributed by atoms with Crippen molar-refractivity contribution in [1.82, 2.24) is 10.2 Å². The van der Waals surface area contributed by atoms with Crippen molar-refractivity contribution >= 4 is 6.03 Å². The van der Waals surface area contributed by atoms with Crippen molar-refractivity contribution in [3.05, 3.63) is 35.9 Å². The van der Waals surface area contributed by atoms with E-state index in [4.69, 9.17) is 9.47 Å². The molecule has 26 heavy (non-hydrogen) atoms. The van der Waals surface area contributed by atoms with Gasteiger partial charge in [-0.05, 0) is 18.4 Å². The fourth-order valence-electron chi connectivity index (χ4n) is 4.75. The van der Waals surface area contributed by atoms with E-state index in [1.54, 1.807) is 0 Å². The minimum Gasteiger partial charge on any atom is -0.389 e. The molecule has 1 aromatic carbocycles. The first kappa shape index (κ1) is 17.8. The maximum absolute atomic E-state index is 12.9. The van der Waals surface area contributed by atoms with Gasteiger partial charge >= 0.3 is 6.03 Å². The van der Waals surface area contributed by atoms with Gasteiger partial charge in [0.2, 0.25) is 0 Å². The van der Waals surface area contributed by atoms with Gasteiger partial charge in [0.1, 0.15) is 0 Å². The van der Waals surface area contributed by atoms with E-state index in [1.807, 2.05) is 23.1 Å². The van der Waals surface area contributed by atoms with Crippen LogP contribution in [0.4, 0.5) is 4.79 Å². The Morgan fingerprint density at radius 3 is 2.88 bits per heavy atom. The van der Waals surface area contributed by atoms with Crippen molar-refractivity contribution in [2.75, 3.05) is 39.5 Å². The molecular formula is C20H28N2O4. The van der Waals surface area contributed by atoms with Gasteiger partial charge in [0.05, 0.1) is 18.8 Å². The number of nitrogens with one attached hydrogen (secondary N) is 1. The number of aliphatic hydroxyl groups is 1. The Balaban J connectivity index is 1.42. The molecule has 142 valence electrons. The quantitative estimate of drug-likeness (QED) is 0.855. The molecule has 3 aliphatic heterocycles. The van der Waals surface area contributed by atoms with E-state index in [1.165, 1.54) is 5.56 Å². The lowest BCUT2D eigenvalue weighted by molar-refractivity contribution is -0.211. The van der Waals surface area contributed by atoms with E-state index < -0.39 is 5.60 Å². The summed E-state index contributed by atoms with van der Waals surface area (Å²) in [6, 6.07) is 10.2. The number of ether oxygens (including phenoxy) is 2. The van der Waals surface area contributed by atoms with Gasteiger partial charge in [0, 0.05) is 50.6 Å². The summed E-state index contributed by atoms with van der Waals surface area (Å²) in [5.41, 5.74) is 0.440. The number of piperidine rings is 1. The Hall–Kier alpha value is -1.63. The molecule has 4 atom stereocenters. The minimum absolute atomic E-state index is 0.0289. The summed E-state index contributed by atoms with van der Waals surface area (Å²) in [5.74, 6) is -0.0714. The summed E-state index contributed by atoms with van der Waals surface area (Å²) in [6.45, 7) is 3.41. The normalized spacial score (nSPS) is 33.9. The Morgan fingerprint density at radius 1 is 1.23 bits per heavy atom. The van der Waals surface area contributed by atoms with Crippen molar-refractivity contribution in [1.29, 1.82) is 0 Å². The Kier molecular flexibility index (Phi) is 5.16. The highest BCUT2D eigenvalue weighted by Crippen LogP contribution is 2.44. The SMILES string of the molecule is O=C(NCCc1ccccc1)N1C[C@H]2COCC[C@@]2(O)[C@@H]2COCC[C@@H]21. The zero-order chi connectivity index (χ0) is 18.0. The summed E-state index contributed by atoms with van der Waals surface area (Å²) < 4.78 is 11.3. The zero-order valence-electron chi connectivity index (χ0n) is 15.1. The molecule has 1 aromatic rings. The number of hydrogen-bond donors (Lipinski definition) is 2. The van der Waals surface area contributed by atoms with Crippen molar-refractivity contribution in [2.24, 2.45) is 11.8 Å². The minimum atomic E-state index is -0.774. The summed E-state index contributed by atoms with van der Waals surface area (Å²) in [6.07, 6.45) is 2.23. The maximum Gasteiger partial charge on any atom is 0.317 e. The summed E-state index contributed by atoms with van der Waals surface area (Å²) in [5, 5.41) is 14.4. The van der Waals surface area contributed by atoms with Crippen LogP contribution in [0.15, 0.2) is 30.3 Å². The third-order valence-electron chi connectivity index (χ3n) is 6.25. The molecule has 0 saturated carbocycles. The predicted molar refractivity (Wildman–Crippen MR) is 96.8 cm³/mol. The molecule has 3 fully saturated rings. The highest BCUT2D eigenvalue weighted by atomic mass is 16.5. The third-order valence-corrected chi connectivity index (χ3v) is 6.25. The van der Waals surface area contributed by atoms with Crippen LogP contribution >= 0.6 is 0 Å². The fraction of sp³-hybridized carbons (Fsp3) is 0.650. The van der Waals surface area contributed by atoms with Crippen molar-refractivity contribution in [3.8, 4) is 0 Å². The van der Waals surface area contributed by atoms with Crippen molar-refractivity contribution < 1.29 is 19.4 Å². The van der Waals surface area contributed by atoms with Gasteiger partial charge in [-0.2, -0.15) is 0 Å². The van der Waals surface area contributed by atoms with Crippen LogP contribution in [0.5, 0.6) is 0 Å². The van der Waals surface area contributed by atoms with Crippen LogP contribution in [-0.2, 0) is 15.9 Å². The van der Waals surface area contributed by atoms with E-state index in [9.17, 15) is 9.90 Å². The van der Waals surface area contributed by atoms with Crippen molar-refractivity contribution in [3.63, 3.8) is 0 Å². The highest BCUT2D eigenvalue weighted by molar-refractivity contribution is 5.75. The second-order valence-electron chi connectivity index (χ2n) is 7.67. The third kappa shape index (κ3) is 3.33. The second kappa shape index (κ2) is 7.55. The van der Waals surface area contributed by atoms with Crippen LogP contribution in [0.3, 0.4) is 0 Å². The molecule has 6 heteroatoms. The lowest BCUT2D eigenvalue weighted by Crippen LogP contribution is -2.69. The lowest BCUT2D eigenvalue weighted by Gasteiger charge is -2.56. The predicted octanol–water partition coefficient (Wildman–Crippen LogP) is 1.43. The van der Waals surface area contributed by atoms with Crippen LogP contribution < -0.4 is 5.32 Å². The van der Waals surface area contributed by atoms with Crippen LogP contribution in [0.25, 0.3) is 0 Å². The van der Waals surface area contributed by atoms with E-state index in [-0.39, 0.29) is 23.9 Å². The van der Waals surface area contributed by atoms with E-state index in [0.29, 0.717) is 45.9 Å². The van der Waals surface area contributed by atoms with Gasteiger partial charge in [0.25, 0.3) is 0 Å². The van der Waals surface area contributed by atoms with Gasteiger partial charge in [0.15, 0.2) is 0 Å². The van der Waals surface area contributed by atoms with Crippen LogP contribution in [0.1, 0.15) is 18.4 Å². The smallest absolute Gasteiger partial charge is 0.317 e. The molecular weight excluding hydrogens is 332 g/mol. The number of fused-ring (bicyclic) bond motifs is 3. The first-order valence-corrected chi connectivity index (χ1v) is 9.65. The molecule has 0 aliphatic carbocycles. The first-order valence-electron chi connectivity index (χ1n) is 9.65. The molecule has 2 N–H and O–H groups in total. The largest absolute Gasteiger partial charge is 0.389 e. The molecule has 3 heterocycles. The van der Waals surface area contributed by atoms with Gasteiger partial charge in [-0.3, -0.25) is 0 Å². The topological polar surface area (TPSA) is 71.0 Å². The van der Waals surface area contributed by atoms with Gasteiger partial charge in [-0.15, -0.1) is 0 Å². The summed E-state index contributed by atoms with van der Waals surface area (Å²) >= 11 is 0. The molecule has 4 rings (SSSR count). The van der Waals surface area contributed by atoms with Crippen molar-refractivity contribution in [2.45, 2.75) is 30.9 Å². The molecule has 0 aromatic heterocycles. The Morgan fingerprint density at radius 2 is 2.04 bits per heavy atom. The summed E-state index contributed by atoms with van der Waals surface area (Å²) in [4.78, 5) is 14.8. The number of benzene rings is 1. The highest BCUT2D eigenvalue weighted by Gasteiger charge is 2.56. The summed E-state index contributed by atoms with van der Waals surface area (Å²) in [7, 11) is 0. The molecule has 6 nitrogen and oxygen atoms in total. The molecule has 0 radical (unpaired) electrons. The van der Waals surface area contributed by atoms with Crippen LogP contribution in [-0.4, -0.2) is 67.2 Å². The molecule has 0 bridgehead atoms. The standard InChI is InChI=1S/C20H28N2O4/c23-19(21-9-6-15-4-2-1-3-5-15)22-12-16-13-26-11-8-20(16,24)17-14-25-10-7-18(17)22/h1-5,16-18,24H,6-14H2,(H,21,23)/t16-,17+,18-,20-/m0/s1. The molecule has 2 amide bonds. The van der Waals surface area contributed by atoms with E-state index >= 15 is 0 Å². The van der Waals surface area contributed by atoms with E-state index in [0.717, 1.165) is 12.8 Å². The number of nitrogens with zero attached hydrogens (tertiary/aromatic N) is 1. The van der Waals surface area contributed by atoms with Gasteiger partial charge < -0.3 is 24.8 Å². The van der Waals surface area contributed by atoms with Crippen LogP contribution in [0.2, 0.25) is 0 Å². The fourth-order valence-corrected chi connectivity index (χ4v) is 4.75. The maximum atomic E-state index is 12.9. The monoisotopic (exact) mass is 360 g/mol. The van der Waals surface area contributed by atoms with E-state index in [2.05, 4.69) is 17.4 Å². The lowest BCUT2D eigenvalue weighted by atomic mass is 9.66. The number of carbonyl (C=O) groups is 1. The number of rotatable bonds is 3. The second-order valence-corrected chi connectivity index (χ2v) is 7.67. The van der Waals surface area contributed by atoms with Crippen LogP contribution in [0, 0.1) is 11.8 Å². The number of carbonyl (C=O) groups excluding carboxylic acids is 1.